The van der Waals surface area contributed by atoms with Gasteiger partial charge in [-0.15, -0.1) is 0 Å². The number of benzene rings is 2. The predicted octanol–water partition coefficient (Wildman–Crippen LogP) is 3.95. The molecule has 2 N–H and O–H groups in total. The number of aryl methyl sites for hydroxylation is 1. The number of aliphatic hydroxyl groups excluding tert-OH is 1. The number of aliphatic hydroxyl groups is 1. The van der Waals surface area contributed by atoms with Crippen LogP contribution in [0.2, 0.25) is 0 Å². The zero-order chi connectivity index (χ0) is 22.9. The molecule has 2 atom stereocenters. The highest BCUT2D eigenvalue weighted by atomic mass is 16.5. The average molecular weight is 439 g/mol. The van der Waals surface area contributed by atoms with Gasteiger partial charge in [0.15, 0.2) is 0 Å². The summed E-state index contributed by atoms with van der Waals surface area (Å²) in [6.07, 6.45) is 2.43. The number of hydrogen-bond donors (Lipinski definition) is 2. The molecule has 2 aromatic carbocycles. The second-order valence-electron chi connectivity index (χ2n) is 8.33. The van der Waals surface area contributed by atoms with Crippen LogP contribution in [0.15, 0.2) is 54.6 Å². The Morgan fingerprint density at radius 3 is 2.47 bits per heavy atom. The first kappa shape index (κ1) is 24.0. The number of carbonyl (C=O) groups excluding carboxylic acids is 2. The maximum atomic E-state index is 12.5. The van der Waals surface area contributed by atoms with E-state index in [-0.39, 0.29) is 24.3 Å². The van der Waals surface area contributed by atoms with Crippen molar-refractivity contribution in [3.63, 3.8) is 0 Å². The van der Waals surface area contributed by atoms with Gasteiger partial charge in [0.1, 0.15) is 12.7 Å². The number of nitrogens with zero attached hydrogens (tertiary/aromatic N) is 1. The second-order valence-corrected chi connectivity index (χ2v) is 8.33. The fourth-order valence-corrected chi connectivity index (χ4v) is 4.16. The summed E-state index contributed by atoms with van der Waals surface area (Å²) in [5.74, 6) is -0.0864. The van der Waals surface area contributed by atoms with Crippen LogP contribution in [0, 0.1) is 5.92 Å². The summed E-state index contributed by atoms with van der Waals surface area (Å²) in [4.78, 5) is 26.6. The fourth-order valence-electron chi connectivity index (χ4n) is 4.16. The van der Waals surface area contributed by atoms with E-state index in [0.717, 1.165) is 25.7 Å². The van der Waals surface area contributed by atoms with Crippen molar-refractivity contribution in [1.82, 2.24) is 4.90 Å². The lowest BCUT2D eigenvalue weighted by Crippen LogP contribution is -2.52. The number of carbonyl (C=O) groups is 2. The zero-order valence-corrected chi connectivity index (χ0v) is 19.0. The Balaban J connectivity index is 1.62. The number of rotatable bonds is 10. The smallest absolute Gasteiger partial charge is 0.248 e. The Kier molecular flexibility index (Phi) is 8.82. The SMILES string of the molecule is CCC(CC)C(=O)Nc1ccc([C@@H](O)[C@H]2COCC(=O)N2CCCc2ccccc2)cc1. The van der Waals surface area contributed by atoms with Gasteiger partial charge >= 0.3 is 0 Å². The fraction of sp³-hybridized carbons (Fsp3) is 0.462. The molecule has 0 unspecified atom stereocenters. The van der Waals surface area contributed by atoms with Gasteiger partial charge in [0.25, 0.3) is 0 Å². The summed E-state index contributed by atoms with van der Waals surface area (Å²) in [5.41, 5.74) is 2.63. The third kappa shape index (κ3) is 6.17. The highest BCUT2D eigenvalue weighted by Crippen LogP contribution is 2.26. The molecule has 1 aliphatic rings. The standard InChI is InChI=1S/C26H34N2O4/c1-3-20(4-2)26(31)27-22-14-12-21(13-15-22)25(30)23-17-32-18-24(29)28(23)16-8-11-19-9-6-5-7-10-19/h5-7,9-10,12-15,20,23,25,30H,3-4,8,11,16-18H2,1-2H3,(H,27,31)/t23-,25-/m1/s1. The van der Waals surface area contributed by atoms with Crippen LogP contribution >= 0.6 is 0 Å². The normalized spacial score (nSPS) is 17.4. The highest BCUT2D eigenvalue weighted by Gasteiger charge is 2.34. The zero-order valence-electron chi connectivity index (χ0n) is 19.0. The van der Waals surface area contributed by atoms with E-state index in [1.165, 1.54) is 5.56 Å². The Bertz CT molecular complexity index is 865. The van der Waals surface area contributed by atoms with E-state index in [2.05, 4.69) is 17.4 Å². The van der Waals surface area contributed by atoms with Crippen LogP contribution in [0.25, 0.3) is 0 Å². The summed E-state index contributed by atoms with van der Waals surface area (Å²) in [5, 5.41) is 14.0. The van der Waals surface area contributed by atoms with Crippen LogP contribution in [0.4, 0.5) is 5.69 Å². The van der Waals surface area contributed by atoms with E-state index in [1.54, 1.807) is 29.2 Å². The second kappa shape index (κ2) is 11.8. The first-order valence-electron chi connectivity index (χ1n) is 11.5. The molecule has 1 fully saturated rings. The van der Waals surface area contributed by atoms with Crippen LogP contribution in [-0.2, 0) is 20.7 Å². The molecular formula is C26H34N2O4. The van der Waals surface area contributed by atoms with Crippen LogP contribution < -0.4 is 5.32 Å². The van der Waals surface area contributed by atoms with Crippen molar-refractivity contribution in [2.75, 3.05) is 25.1 Å². The Hall–Kier alpha value is -2.70. The maximum Gasteiger partial charge on any atom is 0.248 e. The van der Waals surface area contributed by atoms with Gasteiger partial charge in [-0.05, 0) is 48.9 Å². The summed E-state index contributed by atoms with van der Waals surface area (Å²) in [7, 11) is 0. The topological polar surface area (TPSA) is 78.9 Å². The van der Waals surface area contributed by atoms with Gasteiger partial charge in [-0.3, -0.25) is 9.59 Å². The van der Waals surface area contributed by atoms with E-state index >= 15 is 0 Å². The lowest BCUT2D eigenvalue weighted by Gasteiger charge is -2.38. The van der Waals surface area contributed by atoms with Crippen LogP contribution in [-0.4, -0.2) is 47.6 Å². The van der Waals surface area contributed by atoms with E-state index in [1.807, 2.05) is 32.0 Å². The minimum absolute atomic E-state index is 0.00453. The van der Waals surface area contributed by atoms with E-state index in [0.29, 0.717) is 24.4 Å². The van der Waals surface area contributed by atoms with Crippen molar-refractivity contribution in [3.05, 3.63) is 65.7 Å². The predicted molar refractivity (Wildman–Crippen MR) is 125 cm³/mol. The van der Waals surface area contributed by atoms with Gasteiger partial charge < -0.3 is 20.1 Å². The van der Waals surface area contributed by atoms with Crippen LogP contribution in [0.5, 0.6) is 0 Å². The Morgan fingerprint density at radius 2 is 1.81 bits per heavy atom. The first-order chi connectivity index (χ1) is 15.5. The van der Waals surface area contributed by atoms with Gasteiger partial charge in [-0.25, -0.2) is 0 Å². The highest BCUT2D eigenvalue weighted by molar-refractivity contribution is 5.92. The molecule has 0 spiro atoms. The van der Waals surface area contributed by atoms with Crippen molar-refractivity contribution >= 4 is 17.5 Å². The van der Waals surface area contributed by atoms with Crippen molar-refractivity contribution in [3.8, 4) is 0 Å². The summed E-state index contributed by atoms with van der Waals surface area (Å²) in [6.45, 7) is 4.93. The number of nitrogens with one attached hydrogen (secondary N) is 1. The van der Waals surface area contributed by atoms with Gasteiger partial charge in [0.05, 0.1) is 12.6 Å². The molecule has 32 heavy (non-hydrogen) atoms. The van der Waals surface area contributed by atoms with Gasteiger partial charge in [0, 0.05) is 18.2 Å². The number of ether oxygens (including phenoxy) is 1. The molecule has 0 aliphatic carbocycles. The minimum atomic E-state index is -0.861. The minimum Gasteiger partial charge on any atom is -0.386 e. The number of anilines is 1. The van der Waals surface area contributed by atoms with Gasteiger partial charge in [-0.1, -0.05) is 56.3 Å². The lowest BCUT2D eigenvalue weighted by molar-refractivity contribution is -0.154. The van der Waals surface area contributed by atoms with Crippen LogP contribution in [0.1, 0.15) is 50.3 Å². The molecule has 6 heteroatoms. The molecular weight excluding hydrogens is 404 g/mol. The average Bonchev–Trinajstić information content (AvgIpc) is 2.81. The van der Waals surface area contributed by atoms with Gasteiger partial charge in [-0.2, -0.15) is 0 Å². The molecule has 0 saturated carbocycles. The van der Waals surface area contributed by atoms with Gasteiger partial charge in [0.2, 0.25) is 11.8 Å². The summed E-state index contributed by atoms with van der Waals surface area (Å²) < 4.78 is 5.45. The maximum absolute atomic E-state index is 12.5. The van der Waals surface area contributed by atoms with Crippen molar-refractivity contribution in [2.45, 2.75) is 51.7 Å². The largest absolute Gasteiger partial charge is 0.386 e. The molecule has 0 aromatic heterocycles. The molecule has 2 amide bonds. The summed E-state index contributed by atoms with van der Waals surface area (Å²) in [6, 6.07) is 16.9. The molecule has 2 aromatic rings. The summed E-state index contributed by atoms with van der Waals surface area (Å²) >= 11 is 0. The van der Waals surface area contributed by atoms with Crippen LogP contribution in [0.3, 0.4) is 0 Å². The molecule has 6 nitrogen and oxygen atoms in total. The Morgan fingerprint density at radius 1 is 1.12 bits per heavy atom. The molecule has 3 rings (SSSR count). The van der Waals surface area contributed by atoms with E-state index in [4.69, 9.17) is 4.74 Å². The third-order valence-electron chi connectivity index (χ3n) is 6.18. The first-order valence-corrected chi connectivity index (χ1v) is 11.5. The van der Waals surface area contributed by atoms with Crippen molar-refractivity contribution < 1.29 is 19.4 Å². The molecule has 0 radical (unpaired) electrons. The Labute approximate surface area is 190 Å². The molecule has 1 heterocycles. The van der Waals surface area contributed by atoms with Crippen molar-refractivity contribution in [1.29, 1.82) is 0 Å². The van der Waals surface area contributed by atoms with E-state index in [9.17, 15) is 14.7 Å². The molecule has 1 saturated heterocycles. The monoisotopic (exact) mass is 438 g/mol. The number of amides is 2. The molecule has 172 valence electrons. The van der Waals surface area contributed by atoms with E-state index < -0.39 is 12.1 Å². The van der Waals surface area contributed by atoms with Crippen molar-refractivity contribution in [2.24, 2.45) is 5.92 Å². The quantitative estimate of drug-likeness (QED) is 0.589. The lowest BCUT2D eigenvalue weighted by atomic mass is 9.99. The third-order valence-corrected chi connectivity index (χ3v) is 6.18. The number of hydrogen-bond acceptors (Lipinski definition) is 4. The molecule has 1 aliphatic heterocycles. The molecule has 0 bridgehead atoms. The number of morpholine rings is 1.